The van der Waals surface area contributed by atoms with Crippen LogP contribution in [0, 0.1) is 5.41 Å². The molecule has 3 heterocycles. The summed E-state index contributed by atoms with van der Waals surface area (Å²) >= 11 is 0. The maximum atomic E-state index is 12.2. The summed E-state index contributed by atoms with van der Waals surface area (Å²) < 4.78 is 12.2. The van der Waals surface area contributed by atoms with Crippen LogP contribution in [0.3, 0.4) is 0 Å². The smallest absolute Gasteiger partial charge is 0.220 e. The SMILES string of the molecule is Cl.Cl.O=C1CCCNCCCOc2cccc3c2OC[C@]2(CNC[C@@H]32)CN1. The lowest BCUT2D eigenvalue weighted by atomic mass is 9.73. The highest BCUT2D eigenvalue weighted by Crippen LogP contribution is 2.49. The summed E-state index contributed by atoms with van der Waals surface area (Å²) in [4.78, 5) is 12.2. The van der Waals surface area contributed by atoms with Crippen molar-refractivity contribution in [2.75, 3.05) is 45.9 Å². The van der Waals surface area contributed by atoms with Gasteiger partial charge in [-0.2, -0.15) is 0 Å². The van der Waals surface area contributed by atoms with Gasteiger partial charge in [0.05, 0.1) is 13.2 Å². The molecule has 1 fully saturated rings. The van der Waals surface area contributed by atoms with Gasteiger partial charge < -0.3 is 25.4 Å². The van der Waals surface area contributed by atoms with Gasteiger partial charge in [0.2, 0.25) is 5.91 Å². The predicted molar refractivity (Wildman–Crippen MR) is 110 cm³/mol. The Morgan fingerprint density at radius 1 is 1.04 bits per heavy atom. The molecule has 1 saturated heterocycles. The highest BCUT2D eigenvalue weighted by atomic mass is 35.5. The molecule has 0 aromatic heterocycles. The van der Waals surface area contributed by atoms with Crippen molar-refractivity contribution in [3.8, 4) is 11.5 Å². The van der Waals surface area contributed by atoms with Crippen LogP contribution in [0.4, 0.5) is 0 Å². The fraction of sp³-hybridized carbons (Fsp3) is 0.632. The maximum absolute atomic E-state index is 12.2. The Morgan fingerprint density at radius 3 is 2.78 bits per heavy atom. The van der Waals surface area contributed by atoms with Crippen molar-refractivity contribution in [1.29, 1.82) is 0 Å². The van der Waals surface area contributed by atoms with Gasteiger partial charge in [-0.1, -0.05) is 12.1 Å². The predicted octanol–water partition coefficient (Wildman–Crippen LogP) is 1.86. The van der Waals surface area contributed by atoms with E-state index in [0.717, 1.165) is 50.5 Å². The minimum absolute atomic E-state index is 0. The van der Waals surface area contributed by atoms with Crippen LogP contribution in [0.1, 0.15) is 30.7 Å². The van der Waals surface area contributed by atoms with E-state index in [1.54, 1.807) is 0 Å². The molecule has 1 aromatic rings. The van der Waals surface area contributed by atoms with E-state index in [9.17, 15) is 4.79 Å². The minimum Gasteiger partial charge on any atom is -0.490 e. The first-order valence-electron chi connectivity index (χ1n) is 9.35. The first-order chi connectivity index (χ1) is 12.3. The Morgan fingerprint density at radius 2 is 1.89 bits per heavy atom. The molecule has 0 unspecified atom stereocenters. The lowest BCUT2D eigenvalue weighted by Gasteiger charge is -2.40. The number of nitrogens with one attached hydrogen (secondary N) is 3. The van der Waals surface area contributed by atoms with E-state index < -0.39 is 0 Å². The Hall–Kier alpha value is -1.21. The van der Waals surface area contributed by atoms with Gasteiger partial charge in [-0.05, 0) is 32.0 Å². The van der Waals surface area contributed by atoms with E-state index in [4.69, 9.17) is 9.47 Å². The molecular formula is C19H29Cl2N3O3. The van der Waals surface area contributed by atoms with Crippen molar-refractivity contribution in [3.63, 3.8) is 0 Å². The van der Waals surface area contributed by atoms with Crippen LogP contribution in [0.25, 0.3) is 0 Å². The highest BCUT2D eigenvalue weighted by molar-refractivity contribution is 5.85. The third-order valence-corrected chi connectivity index (χ3v) is 5.60. The summed E-state index contributed by atoms with van der Waals surface area (Å²) in [6.07, 6.45) is 2.37. The molecule has 3 aliphatic rings. The summed E-state index contributed by atoms with van der Waals surface area (Å²) in [7, 11) is 0. The first-order valence-corrected chi connectivity index (χ1v) is 9.35. The van der Waals surface area contributed by atoms with Crippen LogP contribution in [0.5, 0.6) is 11.5 Å². The molecule has 2 atom stereocenters. The normalized spacial score (nSPS) is 27.9. The van der Waals surface area contributed by atoms with Crippen LogP contribution < -0.4 is 25.4 Å². The molecule has 4 rings (SSSR count). The molecule has 3 N–H and O–H groups in total. The van der Waals surface area contributed by atoms with Crippen molar-refractivity contribution in [1.82, 2.24) is 16.0 Å². The van der Waals surface area contributed by atoms with Gasteiger partial charge in [0.15, 0.2) is 11.5 Å². The van der Waals surface area contributed by atoms with Crippen LogP contribution in [0.2, 0.25) is 0 Å². The summed E-state index contributed by atoms with van der Waals surface area (Å²) in [5, 5.41) is 10.0. The molecule has 1 aromatic carbocycles. The van der Waals surface area contributed by atoms with Gasteiger partial charge in [0, 0.05) is 43.0 Å². The molecular weight excluding hydrogens is 389 g/mol. The monoisotopic (exact) mass is 417 g/mol. The van der Waals surface area contributed by atoms with Crippen molar-refractivity contribution >= 4 is 30.7 Å². The molecule has 0 saturated carbocycles. The van der Waals surface area contributed by atoms with E-state index in [0.29, 0.717) is 32.1 Å². The number of hydrogen-bond acceptors (Lipinski definition) is 5. The second kappa shape index (κ2) is 9.82. The quantitative estimate of drug-likeness (QED) is 0.600. The molecule has 1 spiro atoms. The second-order valence-corrected chi connectivity index (χ2v) is 7.34. The summed E-state index contributed by atoms with van der Waals surface area (Å²) in [5.74, 6) is 2.21. The van der Waals surface area contributed by atoms with E-state index in [-0.39, 0.29) is 36.1 Å². The van der Waals surface area contributed by atoms with Crippen LogP contribution >= 0.6 is 24.8 Å². The number of para-hydroxylation sites is 1. The zero-order valence-electron chi connectivity index (χ0n) is 15.4. The Bertz CT molecular complexity index is 647. The van der Waals surface area contributed by atoms with Gasteiger partial charge in [-0.15, -0.1) is 24.8 Å². The zero-order valence-corrected chi connectivity index (χ0v) is 17.1. The Labute approximate surface area is 173 Å². The number of amides is 1. The van der Waals surface area contributed by atoms with E-state index >= 15 is 0 Å². The van der Waals surface area contributed by atoms with Crippen molar-refractivity contribution in [2.45, 2.75) is 25.2 Å². The number of fused-ring (bicyclic) bond motifs is 2. The number of ether oxygens (including phenoxy) is 2. The molecule has 3 aliphatic heterocycles. The molecule has 0 aliphatic carbocycles. The maximum Gasteiger partial charge on any atom is 0.220 e. The number of carbonyl (C=O) groups is 1. The summed E-state index contributed by atoms with van der Waals surface area (Å²) in [5.41, 5.74) is 1.13. The largest absolute Gasteiger partial charge is 0.490 e. The van der Waals surface area contributed by atoms with Crippen LogP contribution in [-0.2, 0) is 4.79 Å². The molecule has 152 valence electrons. The van der Waals surface area contributed by atoms with Crippen molar-refractivity contribution in [2.24, 2.45) is 5.41 Å². The second-order valence-electron chi connectivity index (χ2n) is 7.34. The Kier molecular flexibility index (Phi) is 8.04. The number of rotatable bonds is 0. The number of halogens is 2. The third-order valence-electron chi connectivity index (χ3n) is 5.60. The minimum atomic E-state index is -0.0728. The summed E-state index contributed by atoms with van der Waals surface area (Å²) in [6, 6.07) is 6.18. The van der Waals surface area contributed by atoms with E-state index in [1.165, 1.54) is 5.56 Å². The standard InChI is InChI=1S/C19H27N3O3.2ClH/c23-17-6-2-7-20-8-3-9-24-16-5-1-4-14-15-10-21-11-19(15,12-22-17)13-25-18(14)16;;/h1,4-5,15,20-21H,2-3,6-13H2,(H,22,23);2*1H/t15-,19-;;/m0../s1. The number of benzene rings is 1. The van der Waals surface area contributed by atoms with Gasteiger partial charge in [-0.3, -0.25) is 4.79 Å². The molecule has 2 bridgehead atoms. The molecule has 0 radical (unpaired) electrons. The molecule has 1 amide bonds. The van der Waals surface area contributed by atoms with E-state index in [1.807, 2.05) is 12.1 Å². The van der Waals surface area contributed by atoms with Crippen molar-refractivity contribution in [3.05, 3.63) is 23.8 Å². The van der Waals surface area contributed by atoms with Gasteiger partial charge in [0.25, 0.3) is 0 Å². The van der Waals surface area contributed by atoms with Gasteiger partial charge in [-0.25, -0.2) is 0 Å². The lowest BCUT2D eigenvalue weighted by Crippen LogP contribution is -2.48. The topological polar surface area (TPSA) is 71.6 Å². The lowest BCUT2D eigenvalue weighted by molar-refractivity contribution is -0.121. The van der Waals surface area contributed by atoms with Crippen molar-refractivity contribution < 1.29 is 14.3 Å². The average Bonchev–Trinajstić information content (AvgIpc) is 3.06. The number of carbonyl (C=O) groups excluding carboxylic acids is 1. The van der Waals surface area contributed by atoms with Gasteiger partial charge >= 0.3 is 0 Å². The number of hydrogen-bond donors (Lipinski definition) is 3. The molecule has 8 heteroatoms. The molecule has 6 nitrogen and oxygen atoms in total. The summed E-state index contributed by atoms with van der Waals surface area (Å²) in [6.45, 7) is 5.48. The zero-order chi connectivity index (χ0) is 17.1. The fourth-order valence-corrected chi connectivity index (χ4v) is 4.17. The van der Waals surface area contributed by atoms with Crippen LogP contribution in [-0.4, -0.2) is 51.8 Å². The van der Waals surface area contributed by atoms with Gasteiger partial charge in [0.1, 0.15) is 0 Å². The third kappa shape index (κ3) is 4.62. The average molecular weight is 418 g/mol. The molecule has 27 heavy (non-hydrogen) atoms. The Balaban J connectivity index is 0.00000131. The first kappa shape index (κ1) is 22.1. The van der Waals surface area contributed by atoms with E-state index in [2.05, 4.69) is 22.0 Å². The highest BCUT2D eigenvalue weighted by Gasteiger charge is 2.48. The fourth-order valence-electron chi connectivity index (χ4n) is 4.17. The van der Waals surface area contributed by atoms with Crippen LogP contribution in [0.15, 0.2) is 18.2 Å².